The second kappa shape index (κ2) is 4.24. The predicted octanol–water partition coefficient (Wildman–Crippen LogP) is 2.92. The van der Waals surface area contributed by atoms with Gasteiger partial charge in [-0.15, -0.1) is 0 Å². The van der Waals surface area contributed by atoms with Gasteiger partial charge in [-0.1, -0.05) is 6.08 Å². The van der Waals surface area contributed by atoms with Crippen molar-refractivity contribution in [1.29, 1.82) is 0 Å². The molecule has 0 aliphatic carbocycles. The van der Waals surface area contributed by atoms with E-state index in [4.69, 9.17) is 4.74 Å². The highest BCUT2D eigenvalue weighted by Crippen LogP contribution is 2.38. The third kappa shape index (κ3) is 1.93. The van der Waals surface area contributed by atoms with E-state index < -0.39 is 0 Å². The van der Waals surface area contributed by atoms with E-state index in [-0.39, 0.29) is 17.6 Å². The zero-order valence-corrected chi connectivity index (χ0v) is 10.3. The molecule has 0 bridgehead atoms. The Morgan fingerprint density at radius 1 is 1.47 bits per heavy atom. The maximum atomic E-state index is 12.0. The summed E-state index contributed by atoms with van der Waals surface area (Å²) in [5, 5.41) is 9.86. The number of hydrogen-bond acceptors (Lipinski definition) is 3. The van der Waals surface area contributed by atoms with Gasteiger partial charge >= 0.3 is 0 Å². The molecular formula is C14H16O3. The fraction of sp³-hybridized carbons (Fsp3) is 0.357. The summed E-state index contributed by atoms with van der Waals surface area (Å²) in [7, 11) is 0. The smallest absolute Gasteiger partial charge is 0.170 e. The lowest BCUT2D eigenvalue weighted by Crippen LogP contribution is -2.25. The van der Waals surface area contributed by atoms with Crippen LogP contribution >= 0.6 is 0 Å². The molecule has 1 heterocycles. The van der Waals surface area contributed by atoms with Crippen LogP contribution in [0.5, 0.6) is 11.5 Å². The molecule has 90 valence electrons. The second-order valence-corrected chi connectivity index (χ2v) is 4.35. The number of aryl methyl sites for hydroxylation is 1. The van der Waals surface area contributed by atoms with E-state index in [1.165, 1.54) is 0 Å². The minimum absolute atomic E-state index is 0.0700. The third-order valence-electron chi connectivity index (χ3n) is 3.04. The van der Waals surface area contributed by atoms with Gasteiger partial charge in [0.05, 0.1) is 12.0 Å². The lowest BCUT2D eigenvalue weighted by molar-refractivity contribution is 0.0892. The Morgan fingerprint density at radius 2 is 2.18 bits per heavy atom. The number of carbonyl (C=O) groups is 1. The van der Waals surface area contributed by atoms with Crippen LogP contribution in [-0.4, -0.2) is 17.0 Å². The van der Waals surface area contributed by atoms with Crippen molar-refractivity contribution >= 4 is 5.78 Å². The number of hydrogen-bond donors (Lipinski definition) is 1. The lowest BCUT2D eigenvalue weighted by Gasteiger charge is -2.25. The number of ketones is 1. The van der Waals surface area contributed by atoms with E-state index in [2.05, 4.69) is 0 Å². The van der Waals surface area contributed by atoms with Crippen LogP contribution in [0.3, 0.4) is 0 Å². The molecule has 0 spiro atoms. The summed E-state index contributed by atoms with van der Waals surface area (Å²) in [5.41, 5.74) is 1.93. The van der Waals surface area contributed by atoms with Gasteiger partial charge in [-0.25, -0.2) is 0 Å². The van der Waals surface area contributed by atoms with Crippen molar-refractivity contribution < 1.29 is 14.6 Å². The van der Waals surface area contributed by atoms with E-state index in [0.29, 0.717) is 28.9 Å². The van der Waals surface area contributed by atoms with E-state index in [9.17, 15) is 9.90 Å². The highest BCUT2D eigenvalue weighted by atomic mass is 16.5. The number of phenolic OH excluding ortho intramolecular Hbond substituents is 1. The Hall–Kier alpha value is -1.77. The first-order valence-electron chi connectivity index (χ1n) is 5.70. The van der Waals surface area contributed by atoms with Crippen LogP contribution in [0.2, 0.25) is 0 Å². The molecule has 2 rings (SSSR count). The summed E-state index contributed by atoms with van der Waals surface area (Å²) in [5.74, 6) is 0.797. The molecular weight excluding hydrogens is 216 g/mol. The van der Waals surface area contributed by atoms with Gasteiger partial charge in [0.2, 0.25) is 0 Å². The number of allylic oxidation sites excluding steroid dienone is 1. The Balaban J connectivity index is 2.53. The van der Waals surface area contributed by atoms with Crippen molar-refractivity contribution in [1.82, 2.24) is 0 Å². The largest absolute Gasteiger partial charge is 0.507 e. The highest BCUT2D eigenvalue weighted by Gasteiger charge is 2.28. The molecule has 3 heteroatoms. The van der Waals surface area contributed by atoms with Crippen molar-refractivity contribution in [2.24, 2.45) is 0 Å². The Morgan fingerprint density at radius 3 is 2.82 bits per heavy atom. The number of aromatic hydroxyl groups is 1. The molecule has 0 amide bonds. The summed E-state index contributed by atoms with van der Waals surface area (Å²) in [4.78, 5) is 12.0. The number of carbonyl (C=O) groups excluding carboxylic acids is 1. The summed E-state index contributed by atoms with van der Waals surface area (Å²) in [6.07, 6.45) is 3.87. The molecule has 0 saturated carbocycles. The first kappa shape index (κ1) is 11.7. The number of phenols is 1. The molecule has 1 atom stereocenters. The maximum Gasteiger partial charge on any atom is 0.170 e. The van der Waals surface area contributed by atoms with Gasteiger partial charge in [0, 0.05) is 5.56 Å². The van der Waals surface area contributed by atoms with Crippen LogP contribution in [0.1, 0.15) is 34.8 Å². The molecule has 1 aromatic carbocycles. The van der Waals surface area contributed by atoms with Gasteiger partial charge in [0.15, 0.2) is 5.78 Å². The zero-order valence-electron chi connectivity index (χ0n) is 10.3. The van der Waals surface area contributed by atoms with Gasteiger partial charge < -0.3 is 9.84 Å². The normalized spacial score (nSPS) is 19.2. The summed E-state index contributed by atoms with van der Waals surface area (Å²) < 4.78 is 5.74. The van der Waals surface area contributed by atoms with Crippen LogP contribution in [-0.2, 0) is 0 Å². The molecule has 0 unspecified atom stereocenters. The number of rotatable bonds is 1. The molecule has 1 aliphatic heterocycles. The molecule has 0 saturated heterocycles. The number of Topliss-reactive ketones (excluding diaryl/α,β-unsaturated/α-hetero) is 1. The van der Waals surface area contributed by atoms with Crippen LogP contribution in [0.4, 0.5) is 0 Å². The third-order valence-corrected chi connectivity index (χ3v) is 3.04. The van der Waals surface area contributed by atoms with E-state index >= 15 is 0 Å². The standard InChI is InChI=1S/C14H16O3/c1-4-5-10-7-12(15)11-6-8(2)13(16)9(3)14(11)17-10/h4-6,10,16H,7H2,1-3H3/b5-4+/t10-/m0/s1. The quantitative estimate of drug-likeness (QED) is 0.757. The fourth-order valence-corrected chi connectivity index (χ4v) is 2.12. The zero-order chi connectivity index (χ0) is 12.6. The van der Waals surface area contributed by atoms with Crippen LogP contribution < -0.4 is 4.74 Å². The average molecular weight is 232 g/mol. The molecule has 1 N–H and O–H groups in total. The molecule has 1 aliphatic rings. The Labute approximate surface area is 101 Å². The lowest BCUT2D eigenvalue weighted by atomic mass is 9.95. The van der Waals surface area contributed by atoms with Crippen molar-refractivity contribution in [2.45, 2.75) is 33.3 Å². The van der Waals surface area contributed by atoms with E-state index in [1.807, 2.05) is 19.1 Å². The maximum absolute atomic E-state index is 12.0. The van der Waals surface area contributed by atoms with Crippen molar-refractivity contribution in [3.63, 3.8) is 0 Å². The van der Waals surface area contributed by atoms with Crippen LogP contribution in [0.25, 0.3) is 0 Å². The van der Waals surface area contributed by atoms with Gasteiger partial charge in [0.1, 0.15) is 17.6 Å². The molecule has 0 fully saturated rings. The second-order valence-electron chi connectivity index (χ2n) is 4.35. The van der Waals surface area contributed by atoms with Crippen LogP contribution in [0.15, 0.2) is 18.2 Å². The summed E-state index contributed by atoms with van der Waals surface area (Å²) >= 11 is 0. The minimum atomic E-state index is -0.221. The molecule has 0 radical (unpaired) electrons. The first-order chi connectivity index (χ1) is 8.04. The Bertz CT molecular complexity index is 501. The summed E-state index contributed by atoms with van der Waals surface area (Å²) in [6.45, 7) is 5.45. The number of fused-ring (bicyclic) bond motifs is 1. The molecule has 1 aromatic rings. The monoisotopic (exact) mass is 232 g/mol. The number of ether oxygens (including phenoxy) is 1. The van der Waals surface area contributed by atoms with E-state index in [0.717, 1.165) is 0 Å². The van der Waals surface area contributed by atoms with E-state index in [1.54, 1.807) is 19.9 Å². The molecule has 17 heavy (non-hydrogen) atoms. The molecule has 0 aromatic heterocycles. The topological polar surface area (TPSA) is 46.5 Å². The SMILES string of the molecule is C/C=C/[C@H]1CC(=O)c2cc(C)c(O)c(C)c2O1. The first-order valence-corrected chi connectivity index (χ1v) is 5.70. The Kier molecular flexibility index (Phi) is 2.92. The van der Waals surface area contributed by atoms with Crippen LogP contribution in [0, 0.1) is 13.8 Å². The minimum Gasteiger partial charge on any atom is -0.507 e. The van der Waals surface area contributed by atoms with Gasteiger partial charge in [-0.3, -0.25) is 4.79 Å². The molecule has 3 nitrogen and oxygen atoms in total. The van der Waals surface area contributed by atoms with Gasteiger partial charge in [0.25, 0.3) is 0 Å². The summed E-state index contributed by atoms with van der Waals surface area (Å²) in [6, 6.07) is 1.70. The average Bonchev–Trinajstić information content (AvgIpc) is 2.29. The van der Waals surface area contributed by atoms with Gasteiger partial charge in [-0.2, -0.15) is 0 Å². The van der Waals surface area contributed by atoms with Crippen molar-refractivity contribution in [2.75, 3.05) is 0 Å². The highest BCUT2D eigenvalue weighted by molar-refractivity contribution is 6.01. The predicted molar refractivity (Wildman–Crippen MR) is 65.8 cm³/mol. The van der Waals surface area contributed by atoms with Gasteiger partial charge in [-0.05, 0) is 38.5 Å². The number of benzene rings is 1. The van der Waals surface area contributed by atoms with Crippen molar-refractivity contribution in [3.05, 3.63) is 34.9 Å². The van der Waals surface area contributed by atoms with Crippen molar-refractivity contribution in [3.8, 4) is 11.5 Å². The fourth-order valence-electron chi connectivity index (χ4n) is 2.12.